The SMILES string of the molecule is c1ccc(-c2c3ccccc3c(-c3ccc4c(c3)C3(c5ccccc5-c5cc6c7ccccc7n(-c7ccccc7)c6cc53)c3ncncc3-4)c3ccccc23)cc1. The number of para-hydroxylation sites is 2. The molecule has 13 rings (SSSR count). The van der Waals surface area contributed by atoms with Crippen LogP contribution in [0.3, 0.4) is 0 Å². The molecule has 268 valence electrons. The second-order valence-electron chi connectivity index (χ2n) is 15.7. The molecule has 0 fully saturated rings. The Morgan fingerprint density at radius 2 is 0.966 bits per heavy atom. The van der Waals surface area contributed by atoms with Crippen LogP contribution in [0.2, 0.25) is 0 Å². The maximum atomic E-state index is 5.24. The molecule has 0 saturated heterocycles. The van der Waals surface area contributed by atoms with Crippen molar-refractivity contribution >= 4 is 43.4 Å². The molecule has 0 saturated carbocycles. The van der Waals surface area contributed by atoms with Gasteiger partial charge in [0.25, 0.3) is 0 Å². The molecule has 1 unspecified atom stereocenters. The Bertz CT molecular complexity index is 3450. The molecule has 11 aromatic rings. The van der Waals surface area contributed by atoms with Gasteiger partial charge in [-0.2, -0.15) is 0 Å². The van der Waals surface area contributed by atoms with Crippen molar-refractivity contribution in [2.75, 3.05) is 0 Å². The average molecular weight is 736 g/mol. The molecule has 0 aliphatic heterocycles. The van der Waals surface area contributed by atoms with Gasteiger partial charge in [-0.1, -0.05) is 152 Å². The second-order valence-corrected chi connectivity index (χ2v) is 15.7. The summed E-state index contributed by atoms with van der Waals surface area (Å²) in [5.74, 6) is 0. The van der Waals surface area contributed by atoms with Crippen molar-refractivity contribution in [3.05, 3.63) is 223 Å². The Hall–Kier alpha value is -7.62. The summed E-state index contributed by atoms with van der Waals surface area (Å²) < 4.78 is 2.43. The van der Waals surface area contributed by atoms with Crippen molar-refractivity contribution in [1.29, 1.82) is 0 Å². The summed E-state index contributed by atoms with van der Waals surface area (Å²) in [5, 5.41) is 7.48. The molecule has 2 aliphatic rings. The van der Waals surface area contributed by atoms with E-state index in [9.17, 15) is 0 Å². The van der Waals surface area contributed by atoms with E-state index in [1.807, 2.05) is 6.20 Å². The lowest BCUT2D eigenvalue weighted by Crippen LogP contribution is -2.27. The van der Waals surface area contributed by atoms with Crippen LogP contribution in [-0.2, 0) is 5.41 Å². The Labute approximate surface area is 335 Å². The van der Waals surface area contributed by atoms with E-state index >= 15 is 0 Å². The molecule has 2 heterocycles. The summed E-state index contributed by atoms with van der Waals surface area (Å²) >= 11 is 0. The van der Waals surface area contributed by atoms with Gasteiger partial charge in [0.1, 0.15) is 6.33 Å². The first-order valence-electron chi connectivity index (χ1n) is 20.0. The predicted molar refractivity (Wildman–Crippen MR) is 239 cm³/mol. The highest BCUT2D eigenvalue weighted by molar-refractivity contribution is 6.21. The van der Waals surface area contributed by atoms with Crippen molar-refractivity contribution in [3.63, 3.8) is 0 Å². The minimum absolute atomic E-state index is 0.655. The van der Waals surface area contributed by atoms with E-state index in [1.54, 1.807) is 6.33 Å². The molecule has 58 heavy (non-hydrogen) atoms. The maximum Gasteiger partial charge on any atom is 0.115 e. The molecule has 9 aromatic carbocycles. The first-order valence-corrected chi connectivity index (χ1v) is 20.0. The van der Waals surface area contributed by atoms with E-state index < -0.39 is 5.41 Å². The zero-order valence-corrected chi connectivity index (χ0v) is 31.4. The summed E-state index contributed by atoms with van der Waals surface area (Å²) in [4.78, 5) is 9.88. The summed E-state index contributed by atoms with van der Waals surface area (Å²) in [6.45, 7) is 0. The van der Waals surface area contributed by atoms with Crippen LogP contribution in [0.5, 0.6) is 0 Å². The fourth-order valence-corrected chi connectivity index (χ4v) is 10.7. The average Bonchev–Trinajstić information content (AvgIpc) is 3.89. The molecule has 2 aromatic heterocycles. The molecular formula is C55H33N3. The molecule has 3 heteroatoms. The van der Waals surface area contributed by atoms with Gasteiger partial charge >= 0.3 is 0 Å². The topological polar surface area (TPSA) is 30.7 Å². The second kappa shape index (κ2) is 11.7. The van der Waals surface area contributed by atoms with Gasteiger partial charge in [-0.3, -0.25) is 0 Å². The van der Waals surface area contributed by atoms with Crippen molar-refractivity contribution in [2.24, 2.45) is 0 Å². The van der Waals surface area contributed by atoms with Crippen LogP contribution < -0.4 is 0 Å². The van der Waals surface area contributed by atoms with Gasteiger partial charge in [0, 0.05) is 28.2 Å². The fraction of sp³-hybridized carbons (Fsp3) is 0.0182. The molecule has 1 atom stereocenters. The molecule has 0 amide bonds. The Morgan fingerprint density at radius 3 is 1.71 bits per heavy atom. The number of benzene rings is 9. The number of hydrogen-bond acceptors (Lipinski definition) is 2. The van der Waals surface area contributed by atoms with E-state index in [0.29, 0.717) is 0 Å². The zero-order valence-electron chi connectivity index (χ0n) is 31.4. The summed E-state index contributed by atoms with van der Waals surface area (Å²) in [6, 6.07) is 69.3. The van der Waals surface area contributed by atoms with Crippen LogP contribution >= 0.6 is 0 Å². The van der Waals surface area contributed by atoms with Crippen molar-refractivity contribution in [1.82, 2.24) is 14.5 Å². The standard InChI is InChI=1S/C55H33N3/c1-3-15-34(16-4-1)52-40-21-7-9-23-42(40)53(43-24-10-8-22-41(43)52)35-27-28-38-46-32-56-33-57-54(46)55(48(38)29-35)47-25-13-11-19-37(47)44-30-45-39-20-12-14-26-50(39)58(51(45)31-49(44)55)36-17-5-2-6-18-36/h1-33H. The normalized spacial score (nSPS) is 15.0. The van der Waals surface area contributed by atoms with E-state index in [-0.39, 0.29) is 0 Å². The Morgan fingerprint density at radius 1 is 0.379 bits per heavy atom. The number of fused-ring (bicyclic) bond motifs is 15. The lowest BCUT2D eigenvalue weighted by atomic mass is 9.72. The summed E-state index contributed by atoms with van der Waals surface area (Å²) in [5.41, 5.74) is 17.4. The quantitative estimate of drug-likeness (QED) is 0.169. The number of nitrogens with zero attached hydrogens (tertiary/aromatic N) is 3. The molecular weight excluding hydrogens is 703 g/mol. The van der Waals surface area contributed by atoms with Crippen LogP contribution in [0.25, 0.3) is 93.5 Å². The maximum absolute atomic E-state index is 5.24. The van der Waals surface area contributed by atoms with Crippen LogP contribution in [0.1, 0.15) is 22.4 Å². The van der Waals surface area contributed by atoms with Crippen molar-refractivity contribution < 1.29 is 0 Å². The largest absolute Gasteiger partial charge is 0.309 e. The highest BCUT2D eigenvalue weighted by Crippen LogP contribution is 2.63. The van der Waals surface area contributed by atoms with Crippen LogP contribution in [0, 0.1) is 0 Å². The smallest absolute Gasteiger partial charge is 0.115 e. The van der Waals surface area contributed by atoms with Gasteiger partial charge in [0.2, 0.25) is 0 Å². The van der Waals surface area contributed by atoms with Crippen LogP contribution in [0.4, 0.5) is 0 Å². The Balaban J connectivity index is 1.15. The van der Waals surface area contributed by atoms with Crippen LogP contribution in [0.15, 0.2) is 201 Å². The van der Waals surface area contributed by atoms with Gasteiger partial charge in [0.05, 0.1) is 22.1 Å². The van der Waals surface area contributed by atoms with Gasteiger partial charge in [0.15, 0.2) is 0 Å². The highest BCUT2D eigenvalue weighted by atomic mass is 15.0. The summed E-state index contributed by atoms with van der Waals surface area (Å²) in [6.07, 6.45) is 3.76. The third-order valence-electron chi connectivity index (χ3n) is 12.9. The van der Waals surface area contributed by atoms with Gasteiger partial charge in [-0.25, -0.2) is 9.97 Å². The Kier molecular flexibility index (Phi) is 6.37. The van der Waals surface area contributed by atoms with Crippen LogP contribution in [-0.4, -0.2) is 14.5 Å². The van der Waals surface area contributed by atoms with Crippen molar-refractivity contribution in [3.8, 4) is 50.2 Å². The summed E-state index contributed by atoms with van der Waals surface area (Å²) in [7, 11) is 0. The highest BCUT2D eigenvalue weighted by Gasteiger charge is 2.53. The van der Waals surface area contributed by atoms with E-state index in [4.69, 9.17) is 4.98 Å². The lowest BCUT2D eigenvalue weighted by Gasteiger charge is -2.30. The minimum Gasteiger partial charge on any atom is -0.309 e. The lowest BCUT2D eigenvalue weighted by molar-refractivity contribution is 0.756. The fourth-order valence-electron chi connectivity index (χ4n) is 10.7. The number of aromatic nitrogens is 3. The molecule has 0 radical (unpaired) electrons. The first-order chi connectivity index (χ1) is 28.8. The first kappa shape index (κ1) is 31.6. The third kappa shape index (κ3) is 4.02. The monoisotopic (exact) mass is 735 g/mol. The van der Waals surface area contributed by atoms with Crippen molar-refractivity contribution in [2.45, 2.75) is 5.41 Å². The molecule has 2 aliphatic carbocycles. The zero-order chi connectivity index (χ0) is 38.0. The van der Waals surface area contributed by atoms with Gasteiger partial charge < -0.3 is 4.57 Å². The molecule has 1 spiro atoms. The van der Waals surface area contributed by atoms with Gasteiger partial charge in [-0.05, 0) is 114 Å². The predicted octanol–water partition coefficient (Wildman–Crippen LogP) is 13.6. The molecule has 0 N–H and O–H groups in total. The van der Waals surface area contributed by atoms with Gasteiger partial charge in [-0.15, -0.1) is 0 Å². The third-order valence-corrected chi connectivity index (χ3v) is 12.9. The van der Waals surface area contributed by atoms with E-state index in [0.717, 1.165) is 16.9 Å². The number of hydrogen-bond donors (Lipinski definition) is 0. The van der Waals surface area contributed by atoms with E-state index in [1.165, 1.54) is 99.0 Å². The van der Waals surface area contributed by atoms with E-state index in [2.05, 4.69) is 198 Å². The molecule has 0 bridgehead atoms. The minimum atomic E-state index is -0.655. The molecule has 3 nitrogen and oxygen atoms in total. The number of rotatable bonds is 3.